The molecule has 5 nitrogen and oxygen atoms in total. The van der Waals surface area contributed by atoms with Crippen LogP contribution in [0.1, 0.15) is 23.7 Å². The lowest BCUT2D eigenvalue weighted by Gasteiger charge is -2.21. The summed E-state index contributed by atoms with van der Waals surface area (Å²) in [6.07, 6.45) is 0.468. The third-order valence-corrected chi connectivity index (χ3v) is 4.36. The first kappa shape index (κ1) is 21.2. The Morgan fingerprint density at radius 1 is 1.00 bits per heavy atom. The van der Waals surface area contributed by atoms with Gasteiger partial charge in [0, 0.05) is 19.6 Å². The van der Waals surface area contributed by atoms with Crippen molar-refractivity contribution in [1.82, 2.24) is 9.80 Å². The molecule has 2 rings (SSSR count). The van der Waals surface area contributed by atoms with Crippen molar-refractivity contribution in [3.63, 3.8) is 0 Å². The van der Waals surface area contributed by atoms with Crippen molar-refractivity contribution in [1.29, 1.82) is 0 Å². The zero-order valence-electron chi connectivity index (χ0n) is 16.9. The molecule has 0 heterocycles. The van der Waals surface area contributed by atoms with Gasteiger partial charge in [0.1, 0.15) is 0 Å². The van der Waals surface area contributed by atoms with Gasteiger partial charge in [0.25, 0.3) is 0 Å². The quantitative estimate of drug-likeness (QED) is 0.614. The van der Waals surface area contributed by atoms with Crippen LogP contribution in [0.5, 0.6) is 11.5 Å². The van der Waals surface area contributed by atoms with Crippen LogP contribution in [0.25, 0.3) is 0 Å². The van der Waals surface area contributed by atoms with Crippen LogP contribution in [-0.4, -0.2) is 62.9 Å². The number of hydrogen-bond acceptors (Lipinski definition) is 5. The number of rotatable bonds is 11. The van der Waals surface area contributed by atoms with E-state index in [1.54, 1.807) is 7.11 Å². The molecular formula is C22H32N2O3. The predicted molar refractivity (Wildman–Crippen MR) is 109 cm³/mol. The maximum Gasteiger partial charge on any atom is 0.161 e. The van der Waals surface area contributed by atoms with Gasteiger partial charge in [-0.2, -0.15) is 0 Å². The highest BCUT2D eigenvalue weighted by molar-refractivity contribution is 5.43. The highest BCUT2D eigenvalue weighted by Gasteiger charge is 2.12. The molecule has 0 amide bonds. The van der Waals surface area contributed by atoms with Crippen molar-refractivity contribution < 1.29 is 14.6 Å². The van der Waals surface area contributed by atoms with E-state index in [0.717, 1.165) is 42.1 Å². The second-order valence-corrected chi connectivity index (χ2v) is 7.11. The summed E-state index contributed by atoms with van der Waals surface area (Å²) in [5.74, 6) is 1.52. The van der Waals surface area contributed by atoms with E-state index in [0.29, 0.717) is 13.2 Å². The van der Waals surface area contributed by atoms with Crippen LogP contribution < -0.4 is 9.47 Å². The van der Waals surface area contributed by atoms with E-state index >= 15 is 0 Å². The minimum absolute atomic E-state index is 0.502. The van der Waals surface area contributed by atoms with E-state index in [2.05, 4.69) is 30.0 Å². The van der Waals surface area contributed by atoms with E-state index in [1.165, 1.54) is 0 Å². The normalized spacial score (nSPS) is 12.4. The molecule has 0 saturated carbocycles. The molecule has 1 N–H and O–H groups in total. The Morgan fingerprint density at radius 2 is 1.74 bits per heavy atom. The van der Waals surface area contributed by atoms with Gasteiger partial charge >= 0.3 is 0 Å². The van der Waals surface area contributed by atoms with Crippen LogP contribution in [0, 0.1) is 0 Å². The van der Waals surface area contributed by atoms with E-state index in [4.69, 9.17) is 9.47 Å². The largest absolute Gasteiger partial charge is 0.493 e. The molecule has 0 bridgehead atoms. The number of methoxy groups -OCH3 is 1. The monoisotopic (exact) mass is 372 g/mol. The van der Waals surface area contributed by atoms with E-state index in [1.807, 2.05) is 49.5 Å². The standard InChI is InChI=1S/C22H32N2O3/c1-23(2)13-8-14-27-21-12-11-18(15-22(21)26-4)16-24(3)17-20(25)19-9-6-5-7-10-19/h5-7,9-12,15,20,25H,8,13-14,16-17H2,1-4H3/t20-/m0/s1. The predicted octanol–water partition coefficient (Wildman–Crippen LogP) is 3.19. The third kappa shape index (κ3) is 7.21. The summed E-state index contributed by atoms with van der Waals surface area (Å²) in [4.78, 5) is 4.24. The first-order valence-electron chi connectivity index (χ1n) is 9.35. The third-order valence-electron chi connectivity index (χ3n) is 4.36. The lowest BCUT2D eigenvalue weighted by atomic mass is 10.1. The van der Waals surface area contributed by atoms with Crippen LogP contribution in [0.2, 0.25) is 0 Å². The molecule has 0 fully saturated rings. The van der Waals surface area contributed by atoms with Gasteiger partial charge in [-0.3, -0.25) is 4.90 Å². The molecule has 27 heavy (non-hydrogen) atoms. The zero-order chi connectivity index (χ0) is 19.6. The number of nitrogens with zero attached hydrogens (tertiary/aromatic N) is 2. The molecule has 0 unspecified atom stereocenters. The molecular weight excluding hydrogens is 340 g/mol. The number of ether oxygens (including phenoxy) is 2. The van der Waals surface area contributed by atoms with E-state index in [9.17, 15) is 5.11 Å². The summed E-state index contributed by atoms with van der Waals surface area (Å²) >= 11 is 0. The Kier molecular flexibility index (Phi) is 8.58. The molecule has 0 aromatic heterocycles. The maximum atomic E-state index is 10.4. The van der Waals surface area contributed by atoms with Crippen LogP contribution >= 0.6 is 0 Å². The minimum Gasteiger partial charge on any atom is -0.493 e. The topological polar surface area (TPSA) is 45.2 Å². The van der Waals surface area contributed by atoms with Gasteiger partial charge in [-0.25, -0.2) is 0 Å². The Labute approximate surface area is 163 Å². The highest BCUT2D eigenvalue weighted by Crippen LogP contribution is 2.29. The van der Waals surface area contributed by atoms with E-state index in [-0.39, 0.29) is 0 Å². The fourth-order valence-electron chi connectivity index (χ4n) is 2.94. The second kappa shape index (κ2) is 10.9. The average molecular weight is 373 g/mol. The fraction of sp³-hybridized carbons (Fsp3) is 0.455. The summed E-state index contributed by atoms with van der Waals surface area (Å²) in [6, 6.07) is 15.8. The Hall–Kier alpha value is -2.08. The number of likely N-dealkylation sites (N-methyl/N-ethyl adjacent to an activating group) is 1. The molecule has 0 aliphatic rings. The summed E-state index contributed by atoms with van der Waals surface area (Å²) in [6.45, 7) is 2.95. The molecule has 0 radical (unpaired) electrons. The van der Waals surface area contributed by atoms with Crippen molar-refractivity contribution in [2.45, 2.75) is 19.1 Å². The van der Waals surface area contributed by atoms with Gasteiger partial charge in [0.2, 0.25) is 0 Å². The minimum atomic E-state index is -0.502. The summed E-state index contributed by atoms with van der Waals surface area (Å²) in [5, 5.41) is 10.4. The molecule has 1 atom stereocenters. The van der Waals surface area contributed by atoms with Crippen molar-refractivity contribution in [3.05, 3.63) is 59.7 Å². The van der Waals surface area contributed by atoms with Crippen LogP contribution in [0.4, 0.5) is 0 Å². The second-order valence-electron chi connectivity index (χ2n) is 7.11. The van der Waals surface area contributed by atoms with Gasteiger partial charge in [-0.15, -0.1) is 0 Å². The van der Waals surface area contributed by atoms with Crippen molar-refractivity contribution >= 4 is 0 Å². The van der Waals surface area contributed by atoms with E-state index < -0.39 is 6.10 Å². The number of hydrogen-bond donors (Lipinski definition) is 1. The van der Waals surface area contributed by atoms with Gasteiger partial charge in [-0.1, -0.05) is 36.4 Å². The Morgan fingerprint density at radius 3 is 2.41 bits per heavy atom. The summed E-state index contributed by atoms with van der Waals surface area (Å²) < 4.78 is 11.3. The van der Waals surface area contributed by atoms with Crippen LogP contribution in [0.15, 0.2) is 48.5 Å². The highest BCUT2D eigenvalue weighted by atomic mass is 16.5. The Balaban J connectivity index is 1.90. The van der Waals surface area contributed by atoms with Crippen molar-refractivity contribution in [2.24, 2.45) is 0 Å². The SMILES string of the molecule is COc1cc(CN(C)C[C@H](O)c2ccccc2)ccc1OCCCN(C)C. The number of aliphatic hydroxyl groups is 1. The smallest absolute Gasteiger partial charge is 0.161 e. The number of aliphatic hydroxyl groups excluding tert-OH is 1. The van der Waals surface area contributed by atoms with Crippen molar-refractivity contribution in [2.75, 3.05) is 47.9 Å². The van der Waals surface area contributed by atoms with Crippen LogP contribution in [-0.2, 0) is 6.54 Å². The Bertz CT molecular complexity index is 677. The summed E-state index contributed by atoms with van der Waals surface area (Å²) in [7, 11) is 7.78. The van der Waals surface area contributed by atoms with Gasteiger partial charge in [0.15, 0.2) is 11.5 Å². The molecule has 2 aromatic carbocycles. The van der Waals surface area contributed by atoms with Gasteiger partial charge in [-0.05, 0) is 50.8 Å². The number of benzene rings is 2. The molecule has 0 aliphatic heterocycles. The molecule has 5 heteroatoms. The zero-order valence-corrected chi connectivity index (χ0v) is 16.9. The van der Waals surface area contributed by atoms with Crippen molar-refractivity contribution in [3.8, 4) is 11.5 Å². The van der Waals surface area contributed by atoms with Crippen LogP contribution in [0.3, 0.4) is 0 Å². The lowest BCUT2D eigenvalue weighted by Crippen LogP contribution is -2.24. The first-order chi connectivity index (χ1) is 13.0. The van der Waals surface area contributed by atoms with Gasteiger partial charge < -0.3 is 19.5 Å². The first-order valence-corrected chi connectivity index (χ1v) is 9.35. The molecule has 0 spiro atoms. The van der Waals surface area contributed by atoms with Gasteiger partial charge in [0.05, 0.1) is 19.8 Å². The lowest BCUT2D eigenvalue weighted by molar-refractivity contribution is 0.124. The molecule has 0 saturated heterocycles. The maximum absolute atomic E-state index is 10.4. The average Bonchev–Trinajstić information content (AvgIpc) is 2.66. The molecule has 0 aliphatic carbocycles. The molecule has 148 valence electrons. The molecule has 2 aromatic rings. The summed E-state index contributed by atoms with van der Waals surface area (Å²) in [5.41, 5.74) is 2.05. The fourth-order valence-corrected chi connectivity index (χ4v) is 2.94.